The minimum atomic E-state index is -0.418. The molecule has 0 spiro atoms. The van der Waals surface area contributed by atoms with E-state index in [0.29, 0.717) is 29.8 Å². The Balaban J connectivity index is 1.92. The van der Waals surface area contributed by atoms with Gasteiger partial charge in [0.05, 0.1) is 5.02 Å². The van der Waals surface area contributed by atoms with Gasteiger partial charge in [-0.05, 0) is 24.6 Å². The molecule has 0 atom stereocenters. The smallest absolute Gasteiger partial charge is 0.253 e. The fraction of sp³-hybridized carbons (Fsp3) is 0.333. The van der Waals surface area contributed by atoms with Crippen molar-refractivity contribution < 1.29 is 13.5 Å². The van der Waals surface area contributed by atoms with Crippen LogP contribution in [0.5, 0.6) is 5.75 Å². The molecule has 0 aliphatic carbocycles. The second-order valence-electron chi connectivity index (χ2n) is 3.75. The Morgan fingerprint density at radius 3 is 2.79 bits per heavy atom. The Labute approximate surface area is 119 Å². The molecule has 0 bridgehead atoms. The molecule has 102 valence electrons. The second kappa shape index (κ2) is 6.73. The number of aryl methyl sites for hydroxylation is 1. The Hall–Kier alpha value is -1.33. The minimum Gasteiger partial charge on any atom is -0.482 e. The van der Waals surface area contributed by atoms with E-state index in [1.807, 2.05) is 0 Å². The Morgan fingerprint density at radius 1 is 1.26 bits per heavy atom. The normalized spacial score (nSPS) is 10.7. The maximum Gasteiger partial charge on any atom is 0.253 e. The third kappa shape index (κ3) is 4.08. The summed E-state index contributed by atoms with van der Waals surface area (Å²) in [5.41, 5.74) is 0. The standard InChI is InChI=1S/C12H11Cl2FN2O2/c13-5-1-2-11-16-17-12(19-11)7-18-10-4-3-8(15)6-9(10)14/h3-4,6H,1-2,5,7H2. The van der Waals surface area contributed by atoms with Crippen LogP contribution in [-0.4, -0.2) is 16.1 Å². The van der Waals surface area contributed by atoms with Crippen molar-refractivity contribution in [3.05, 3.63) is 40.8 Å². The highest BCUT2D eigenvalue weighted by Crippen LogP contribution is 2.25. The molecular formula is C12H11Cl2FN2O2. The summed E-state index contributed by atoms with van der Waals surface area (Å²) < 4.78 is 23.6. The van der Waals surface area contributed by atoms with Crippen molar-refractivity contribution in [1.82, 2.24) is 10.2 Å². The van der Waals surface area contributed by atoms with E-state index >= 15 is 0 Å². The van der Waals surface area contributed by atoms with Gasteiger partial charge in [0.25, 0.3) is 5.89 Å². The number of rotatable bonds is 6. The van der Waals surface area contributed by atoms with E-state index < -0.39 is 5.82 Å². The van der Waals surface area contributed by atoms with Crippen LogP contribution in [0.2, 0.25) is 5.02 Å². The van der Waals surface area contributed by atoms with E-state index in [1.54, 1.807) is 0 Å². The summed E-state index contributed by atoms with van der Waals surface area (Å²) in [7, 11) is 0. The van der Waals surface area contributed by atoms with Crippen LogP contribution in [0.1, 0.15) is 18.2 Å². The lowest BCUT2D eigenvalue weighted by atomic mass is 10.3. The molecule has 0 fully saturated rings. The summed E-state index contributed by atoms with van der Waals surface area (Å²) in [6, 6.07) is 3.89. The van der Waals surface area contributed by atoms with Crippen LogP contribution in [0.15, 0.2) is 22.6 Å². The summed E-state index contributed by atoms with van der Waals surface area (Å²) in [5, 5.41) is 7.88. The van der Waals surface area contributed by atoms with E-state index in [4.69, 9.17) is 32.4 Å². The molecule has 4 nitrogen and oxygen atoms in total. The number of nitrogens with zero attached hydrogens (tertiary/aromatic N) is 2. The molecule has 1 heterocycles. The first kappa shape index (κ1) is 14.1. The second-order valence-corrected chi connectivity index (χ2v) is 4.53. The molecular weight excluding hydrogens is 294 g/mol. The lowest BCUT2D eigenvalue weighted by Gasteiger charge is -2.04. The number of alkyl halides is 1. The van der Waals surface area contributed by atoms with Crippen molar-refractivity contribution in [2.75, 3.05) is 5.88 Å². The Kier molecular flexibility index (Phi) is 4.99. The summed E-state index contributed by atoms with van der Waals surface area (Å²) >= 11 is 11.4. The molecule has 0 amide bonds. The molecule has 19 heavy (non-hydrogen) atoms. The third-order valence-corrected chi connectivity index (χ3v) is 2.84. The summed E-state index contributed by atoms with van der Waals surface area (Å²) in [5.74, 6) is 1.34. The van der Waals surface area contributed by atoms with Crippen molar-refractivity contribution in [1.29, 1.82) is 0 Å². The van der Waals surface area contributed by atoms with Crippen molar-refractivity contribution in [2.24, 2.45) is 0 Å². The van der Waals surface area contributed by atoms with Gasteiger partial charge in [0.1, 0.15) is 11.6 Å². The van der Waals surface area contributed by atoms with Crippen LogP contribution in [-0.2, 0) is 13.0 Å². The van der Waals surface area contributed by atoms with E-state index in [9.17, 15) is 4.39 Å². The van der Waals surface area contributed by atoms with Gasteiger partial charge in [-0.25, -0.2) is 4.39 Å². The zero-order chi connectivity index (χ0) is 13.7. The van der Waals surface area contributed by atoms with Crippen LogP contribution in [0.4, 0.5) is 4.39 Å². The van der Waals surface area contributed by atoms with Crippen LogP contribution in [0.25, 0.3) is 0 Å². The lowest BCUT2D eigenvalue weighted by Crippen LogP contribution is -1.96. The fourth-order valence-corrected chi connectivity index (χ4v) is 1.75. The number of ether oxygens (including phenoxy) is 1. The predicted octanol–water partition coefficient (Wildman–Crippen LogP) is 3.61. The largest absolute Gasteiger partial charge is 0.482 e. The average molecular weight is 305 g/mol. The number of hydrogen-bond acceptors (Lipinski definition) is 4. The molecule has 7 heteroatoms. The Bertz CT molecular complexity index is 548. The predicted molar refractivity (Wildman–Crippen MR) is 69.1 cm³/mol. The zero-order valence-corrected chi connectivity index (χ0v) is 11.4. The third-order valence-electron chi connectivity index (χ3n) is 2.28. The first-order chi connectivity index (χ1) is 9.19. The number of aromatic nitrogens is 2. The number of halogens is 3. The molecule has 1 aromatic heterocycles. The van der Waals surface area contributed by atoms with Crippen molar-refractivity contribution in [2.45, 2.75) is 19.4 Å². The highest BCUT2D eigenvalue weighted by atomic mass is 35.5. The van der Waals surface area contributed by atoms with Gasteiger partial charge in [0.2, 0.25) is 5.89 Å². The molecule has 1 aromatic carbocycles. The van der Waals surface area contributed by atoms with Crippen LogP contribution < -0.4 is 4.74 Å². The molecule has 0 aliphatic heterocycles. The first-order valence-corrected chi connectivity index (χ1v) is 6.55. The van der Waals surface area contributed by atoms with Crippen LogP contribution in [0.3, 0.4) is 0 Å². The summed E-state index contributed by atoms with van der Waals surface area (Å²) in [4.78, 5) is 0. The number of benzene rings is 1. The van der Waals surface area contributed by atoms with Crippen molar-refractivity contribution in [3.63, 3.8) is 0 Å². The van der Waals surface area contributed by atoms with Gasteiger partial charge in [-0.15, -0.1) is 21.8 Å². The average Bonchev–Trinajstić information content (AvgIpc) is 2.83. The van der Waals surface area contributed by atoms with Gasteiger partial charge in [-0.3, -0.25) is 0 Å². The van der Waals surface area contributed by atoms with Crippen LogP contribution >= 0.6 is 23.2 Å². The van der Waals surface area contributed by atoms with Gasteiger partial charge in [-0.2, -0.15) is 0 Å². The SMILES string of the molecule is Fc1ccc(OCc2nnc(CCCCl)o2)c(Cl)c1. The molecule has 0 aliphatic rings. The van der Waals surface area contributed by atoms with E-state index in [0.717, 1.165) is 6.42 Å². The first-order valence-electron chi connectivity index (χ1n) is 5.64. The van der Waals surface area contributed by atoms with E-state index in [2.05, 4.69) is 10.2 Å². The Morgan fingerprint density at radius 2 is 2.05 bits per heavy atom. The van der Waals surface area contributed by atoms with Crippen LogP contribution in [0, 0.1) is 5.82 Å². The van der Waals surface area contributed by atoms with Gasteiger partial charge >= 0.3 is 0 Å². The van der Waals surface area contributed by atoms with Gasteiger partial charge in [-0.1, -0.05) is 11.6 Å². The zero-order valence-electron chi connectivity index (χ0n) is 9.91. The maximum atomic E-state index is 12.8. The lowest BCUT2D eigenvalue weighted by molar-refractivity contribution is 0.258. The van der Waals surface area contributed by atoms with E-state index in [1.165, 1.54) is 18.2 Å². The topological polar surface area (TPSA) is 48.2 Å². The molecule has 0 unspecified atom stereocenters. The van der Waals surface area contributed by atoms with Gasteiger partial charge in [0.15, 0.2) is 6.61 Å². The maximum absolute atomic E-state index is 12.8. The molecule has 0 saturated heterocycles. The molecule has 2 rings (SSSR count). The monoisotopic (exact) mass is 304 g/mol. The summed E-state index contributed by atoms with van der Waals surface area (Å²) in [6.45, 7) is 0.0826. The fourth-order valence-electron chi connectivity index (χ4n) is 1.40. The molecule has 0 N–H and O–H groups in total. The van der Waals surface area contributed by atoms with Crippen molar-refractivity contribution in [3.8, 4) is 5.75 Å². The number of hydrogen-bond donors (Lipinski definition) is 0. The quantitative estimate of drug-likeness (QED) is 0.765. The van der Waals surface area contributed by atoms with Crippen molar-refractivity contribution >= 4 is 23.2 Å². The minimum absolute atomic E-state index is 0.0826. The van der Waals surface area contributed by atoms with Gasteiger partial charge in [0, 0.05) is 12.3 Å². The highest BCUT2D eigenvalue weighted by molar-refractivity contribution is 6.32. The molecule has 2 aromatic rings. The highest BCUT2D eigenvalue weighted by Gasteiger charge is 2.08. The molecule has 0 saturated carbocycles. The summed E-state index contributed by atoms with van der Waals surface area (Å²) in [6.07, 6.45) is 1.40. The van der Waals surface area contributed by atoms with Gasteiger partial charge < -0.3 is 9.15 Å². The molecule has 0 radical (unpaired) electrons. The van der Waals surface area contributed by atoms with E-state index in [-0.39, 0.29) is 11.6 Å².